The van der Waals surface area contributed by atoms with Gasteiger partial charge in [-0.05, 0) is 56.6 Å². The fourth-order valence-electron chi connectivity index (χ4n) is 4.04. The fourth-order valence-corrected chi connectivity index (χ4v) is 4.49. The summed E-state index contributed by atoms with van der Waals surface area (Å²) in [6, 6.07) is 13.3. The summed E-state index contributed by atoms with van der Waals surface area (Å²) >= 11 is 12.1. The van der Waals surface area contributed by atoms with Gasteiger partial charge in [-0.2, -0.15) is 0 Å². The number of piperidine rings is 1. The van der Waals surface area contributed by atoms with Crippen molar-refractivity contribution in [1.82, 2.24) is 14.5 Å². The Morgan fingerprint density at radius 1 is 1.24 bits per heavy atom. The van der Waals surface area contributed by atoms with Crippen LogP contribution in [0.2, 0.25) is 10.0 Å². The van der Waals surface area contributed by atoms with Crippen molar-refractivity contribution in [3.05, 3.63) is 58.3 Å². The van der Waals surface area contributed by atoms with Gasteiger partial charge in [0.15, 0.2) is 0 Å². The average Bonchev–Trinajstić information content (AvgIpc) is 3.07. The number of carbonyl (C=O) groups excluding carboxylic acids is 1. The molecule has 5 nitrogen and oxygen atoms in total. The van der Waals surface area contributed by atoms with Gasteiger partial charge in [0.2, 0.25) is 5.91 Å². The van der Waals surface area contributed by atoms with Gasteiger partial charge in [0.1, 0.15) is 5.82 Å². The maximum absolute atomic E-state index is 12.8. The largest absolute Gasteiger partial charge is 0.327 e. The van der Waals surface area contributed by atoms with E-state index in [-0.39, 0.29) is 11.8 Å². The highest BCUT2D eigenvalue weighted by Gasteiger charge is 2.27. The zero-order chi connectivity index (χ0) is 20.4. The lowest BCUT2D eigenvalue weighted by Crippen LogP contribution is -2.40. The summed E-state index contributed by atoms with van der Waals surface area (Å²) in [5.41, 5.74) is 2.78. The van der Waals surface area contributed by atoms with Gasteiger partial charge in [0, 0.05) is 18.1 Å². The van der Waals surface area contributed by atoms with E-state index in [4.69, 9.17) is 28.2 Å². The first-order valence-corrected chi connectivity index (χ1v) is 10.7. The van der Waals surface area contributed by atoms with Gasteiger partial charge in [-0.25, -0.2) is 4.98 Å². The fraction of sp³-hybridized carbons (Fsp3) is 0.364. The molecule has 2 aromatic carbocycles. The molecule has 0 spiro atoms. The van der Waals surface area contributed by atoms with Gasteiger partial charge in [-0.3, -0.25) is 9.69 Å². The Morgan fingerprint density at radius 2 is 2.07 bits per heavy atom. The number of rotatable bonds is 5. The molecule has 0 saturated carbocycles. The van der Waals surface area contributed by atoms with Crippen molar-refractivity contribution in [3.8, 4) is 0 Å². The third-order valence-corrected chi connectivity index (χ3v) is 6.03. The zero-order valence-electron chi connectivity index (χ0n) is 16.4. The summed E-state index contributed by atoms with van der Waals surface area (Å²) in [5.74, 6) is 0.980. The van der Waals surface area contributed by atoms with Gasteiger partial charge in [0.05, 0.1) is 34.2 Å². The van der Waals surface area contributed by atoms with Crippen LogP contribution in [0.5, 0.6) is 0 Å². The van der Waals surface area contributed by atoms with Crippen LogP contribution in [0.15, 0.2) is 42.5 Å². The third kappa shape index (κ3) is 4.42. The molecule has 0 radical (unpaired) electrons. The number of benzene rings is 2. The summed E-state index contributed by atoms with van der Waals surface area (Å²) in [7, 11) is 0. The molecule has 3 aromatic rings. The van der Waals surface area contributed by atoms with Gasteiger partial charge in [-0.1, -0.05) is 35.3 Å². The van der Waals surface area contributed by atoms with E-state index in [0.717, 1.165) is 49.3 Å². The molecule has 1 aromatic heterocycles. The van der Waals surface area contributed by atoms with Crippen LogP contribution in [0.3, 0.4) is 0 Å². The van der Waals surface area contributed by atoms with Crippen molar-refractivity contribution in [2.45, 2.75) is 32.9 Å². The van der Waals surface area contributed by atoms with Gasteiger partial charge < -0.3 is 9.88 Å². The number of aromatic nitrogens is 2. The Kier molecular flexibility index (Phi) is 6.09. The second kappa shape index (κ2) is 8.74. The minimum atomic E-state index is -0.0741. The van der Waals surface area contributed by atoms with Gasteiger partial charge in [-0.15, -0.1) is 0 Å². The number of hydrogen-bond acceptors (Lipinski definition) is 3. The maximum atomic E-state index is 12.8. The molecule has 0 unspecified atom stereocenters. The minimum absolute atomic E-state index is 0.00270. The zero-order valence-corrected chi connectivity index (χ0v) is 17.9. The Balaban J connectivity index is 1.45. The van der Waals surface area contributed by atoms with E-state index in [1.54, 1.807) is 18.2 Å². The third-order valence-electron chi connectivity index (χ3n) is 5.48. The lowest BCUT2D eigenvalue weighted by molar-refractivity contribution is -0.121. The topological polar surface area (TPSA) is 50.2 Å². The summed E-state index contributed by atoms with van der Waals surface area (Å²) in [4.78, 5) is 20.0. The number of aryl methyl sites for hydroxylation is 1. The highest BCUT2D eigenvalue weighted by Crippen LogP contribution is 2.27. The number of amides is 1. The number of hydrogen-bond donors (Lipinski definition) is 1. The molecule has 29 heavy (non-hydrogen) atoms. The number of imidazole rings is 1. The van der Waals surface area contributed by atoms with Crippen LogP contribution >= 0.6 is 23.2 Å². The summed E-state index contributed by atoms with van der Waals surface area (Å²) < 4.78 is 2.26. The number of nitrogens with one attached hydrogen (secondary N) is 1. The SMILES string of the molecule is CCn1c(CN2CCC[C@H](C(=O)Nc3ccc(Cl)cc3Cl)C2)nc2ccccc21. The quantitative estimate of drug-likeness (QED) is 0.603. The Labute approximate surface area is 180 Å². The Bertz CT molecular complexity index is 1030. The molecule has 1 N–H and O–H groups in total. The first kappa shape index (κ1) is 20.2. The summed E-state index contributed by atoms with van der Waals surface area (Å²) in [6.45, 7) is 5.44. The van der Waals surface area contributed by atoms with Crippen molar-refractivity contribution >= 4 is 45.8 Å². The van der Waals surface area contributed by atoms with E-state index in [1.165, 1.54) is 0 Å². The molecule has 1 aliphatic heterocycles. The molecule has 1 atom stereocenters. The Morgan fingerprint density at radius 3 is 2.86 bits per heavy atom. The van der Waals surface area contributed by atoms with E-state index in [0.29, 0.717) is 22.3 Å². The molecule has 1 amide bonds. The number of likely N-dealkylation sites (tertiary alicyclic amines) is 1. The van der Waals surface area contributed by atoms with Crippen molar-refractivity contribution in [1.29, 1.82) is 0 Å². The average molecular weight is 431 g/mol. The monoisotopic (exact) mass is 430 g/mol. The van der Waals surface area contributed by atoms with Gasteiger partial charge in [0.25, 0.3) is 0 Å². The first-order valence-electron chi connectivity index (χ1n) is 9.97. The smallest absolute Gasteiger partial charge is 0.228 e. The molecule has 4 rings (SSSR count). The molecule has 7 heteroatoms. The molecular formula is C22H24Cl2N4O. The van der Waals surface area contributed by atoms with Crippen LogP contribution in [0.4, 0.5) is 5.69 Å². The summed E-state index contributed by atoms with van der Waals surface area (Å²) in [5, 5.41) is 3.96. The van der Waals surface area contributed by atoms with Crippen LogP contribution in [0.1, 0.15) is 25.6 Å². The predicted octanol–water partition coefficient (Wildman–Crippen LogP) is 5.21. The van der Waals surface area contributed by atoms with Crippen molar-refractivity contribution in [2.75, 3.05) is 18.4 Å². The van der Waals surface area contributed by atoms with Crippen molar-refractivity contribution < 1.29 is 4.79 Å². The number of carbonyl (C=O) groups is 1. The molecule has 0 bridgehead atoms. The molecular weight excluding hydrogens is 407 g/mol. The van der Waals surface area contributed by atoms with Crippen LogP contribution in [0, 0.1) is 5.92 Å². The molecule has 1 saturated heterocycles. The highest BCUT2D eigenvalue weighted by atomic mass is 35.5. The second-order valence-electron chi connectivity index (χ2n) is 7.45. The van der Waals surface area contributed by atoms with Crippen LogP contribution in [-0.4, -0.2) is 33.4 Å². The predicted molar refractivity (Wildman–Crippen MR) is 118 cm³/mol. The minimum Gasteiger partial charge on any atom is -0.327 e. The normalized spacial score (nSPS) is 17.6. The van der Waals surface area contributed by atoms with E-state index >= 15 is 0 Å². The second-order valence-corrected chi connectivity index (χ2v) is 8.29. The number of anilines is 1. The van der Waals surface area contributed by atoms with Crippen LogP contribution < -0.4 is 5.32 Å². The maximum Gasteiger partial charge on any atom is 0.228 e. The van der Waals surface area contributed by atoms with E-state index in [1.807, 2.05) is 18.2 Å². The number of fused-ring (bicyclic) bond motifs is 1. The van der Waals surface area contributed by atoms with E-state index in [9.17, 15) is 4.79 Å². The lowest BCUT2D eigenvalue weighted by atomic mass is 9.97. The number of halogens is 2. The Hall–Kier alpha value is -2.08. The molecule has 2 heterocycles. The molecule has 1 fully saturated rings. The molecule has 1 aliphatic rings. The first-order chi connectivity index (χ1) is 14.0. The summed E-state index contributed by atoms with van der Waals surface area (Å²) in [6.07, 6.45) is 1.86. The van der Waals surface area contributed by atoms with E-state index < -0.39 is 0 Å². The van der Waals surface area contributed by atoms with Crippen LogP contribution in [0.25, 0.3) is 11.0 Å². The standard InChI is InChI=1S/C22H24Cl2N4O/c1-2-28-20-8-4-3-7-19(20)25-21(28)14-27-11-5-6-15(13-27)22(29)26-18-10-9-16(23)12-17(18)24/h3-4,7-10,12,15H,2,5-6,11,13-14H2,1H3,(H,26,29)/t15-/m0/s1. The lowest BCUT2D eigenvalue weighted by Gasteiger charge is -2.31. The molecule has 152 valence electrons. The van der Waals surface area contributed by atoms with Crippen molar-refractivity contribution in [2.24, 2.45) is 5.92 Å². The van der Waals surface area contributed by atoms with Crippen molar-refractivity contribution in [3.63, 3.8) is 0 Å². The van der Waals surface area contributed by atoms with Crippen LogP contribution in [-0.2, 0) is 17.9 Å². The molecule has 0 aliphatic carbocycles. The number of para-hydroxylation sites is 2. The van der Waals surface area contributed by atoms with E-state index in [2.05, 4.69) is 27.8 Å². The number of nitrogens with zero attached hydrogens (tertiary/aromatic N) is 3. The van der Waals surface area contributed by atoms with Gasteiger partial charge >= 0.3 is 0 Å². The highest BCUT2D eigenvalue weighted by molar-refractivity contribution is 6.36.